The summed E-state index contributed by atoms with van der Waals surface area (Å²) in [5, 5.41) is 4.89. The number of benzene rings is 1. The molecule has 0 radical (unpaired) electrons. The van der Waals surface area contributed by atoms with Crippen LogP contribution in [-0.2, 0) is 19.1 Å². The summed E-state index contributed by atoms with van der Waals surface area (Å²) in [5.41, 5.74) is 0.541. The van der Waals surface area contributed by atoms with Crippen LogP contribution in [0.15, 0.2) is 24.3 Å². The van der Waals surface area contributed by atoms with E-state index in [1.807, 2.05) is 0 Å². The molecule has 1 aliphatic carbocycles. The number of imide groups is 1. The van der Waals surface area contributed by atoms with E-state index in [1.54, 1.807) is 18.2 Å². The molecule has 9 nitrogen and oxygen atoms in total. The Morgan fingerprint density at radius 1 is 1.14 bits per heavy atom. The van der Waals surface area contributed by atoms with E-state index in [9.17, 15) is 24.0 Å². The molecule has 0 bridgehead atoms. The number of fused-ring (bicyclic) bond motifs is 1. The van der Waals surface area contributed by atoms with E-state index in [0.29, 0.717) is 5.69 Å². The van der Waals surface area contributed by atoms with Crippen LogP contribution in [-0.4, -0.2) is 48.3 Å². The molecule has 0 saturated heterocycles. The Morgan fingerprint density at radius 2 is 1.83 bits per heavy atom. The molecule has 0 spiro atoms. The zero-order valence-electron chi connectivity index (χ0n) is 16.1. The minimum atomic E-state index is -1.23. The van der Waals surface area contributed by atoms with Crippen LogP contribution in [0.2, 0.25) is 0 Å². The predicted molar refractivity (Wildman–Crippen MR) is 102 cm³/mol. The van der Waals surface area contributed by atoms with Gasteiger partial charge in [-0.1, -0.05) is 31.4 Å². The SMILES string of the molecule is C[C@H](OC(=O)CN1C(=O)C(=O)c2ccccc21)C(=O)NC(=O)NC1CCCCC1. The fourth-order valence-electron chi connectivity index (χ4n) is 3.50. The Kier molecular flexibility index (Phi) is 6.26. The summed E-state index contributed by atoms with van der Waals surface area (Å²) in [7, 11) is 0. The Morgan fingerprint density at radius 3 is 2.55 bits per heavy atom. The fraction of sp³-hybridized carbons (Fsp3) is 0.450. The van der Waals surface area contributed by atoms with Gasteiger partial charge in [-0.15, -0.1) is 0 Å². The van der Waals surface area contributed by atoms with Gasteiger partial charge in [-0.25, -0.2) is 4.79 Å². The highest BCUT2D eigenvalue weighted by atomic mass is 16.5. The molecule has 1 atom stereocenters. The molecule has 0 unspecified atom stereocenters. The van der Waals surface area contributed by atoms with E-state index in [-0.39, 0.29) is 11.6 Å². The summed E-state index contributed by atoms with van der Waals surface area (Å²) in [6, 6.07) is 5.73. The van der Waals surface area contributed by atoms with Gasteiger partial charge in [0.05, 0.1) is 11.3 Å². The lowest BCUT2D eigenvalue weighted by Crippen LogP contribution is -2.48. The van der Waals surface area contributed by atoms with Crippen molar-refractivity contribution in [3.05, 3.63) is 29.8 Å². The van der Waals surface area contributed by atoms with Gasteiger partial charge in [-0.2, -0.15) is 0 Å². The van der Waals surface area contributed by atoms with E-state index in [0.717, 1.165) is 37.0 Å². The lowest BCUT2D eigenvalue weighted by molar-refractivity contribution is -0.153. The number of Topliss-reactive ketones (excluding diaryl/α,β-unsaturated/α-hetero) is 1. The van der Waals surface area contributed by atoms with Crippen LogP contribution in [0, 0.1) is 0 Å². The minimum absolute atomic E-state index is 0.0354. The summed E-state index contributed by atoms with van der Waals surface area (Å²) in [6.07, 6.45) is 3.72. The summed E-state index contributed by atoms with van der Waals surface area (Å²) in [6.45, 7) is 0.819. The first-order valence-electron chi connectivity index (χ1n) is 9.63. The summed E-state index contributed by atoms with van der Waals surface area (Å²) in [5.74, 6) is -3.15. The maximum atomic E-state index is 12.2. The van der Waals surface area contributed by atoms with Crippen LogP contribution in [0.1, 0.15) is 49.4 Å². The molecule has 1 aliphatic heterocycles. The fourth-order valence-corrected chi connectivity index (χ4v) is 3.50. The Hall–Kier alpha value is -3.23. The van der Waals surface area contributed by atoms with Gasteiger partial charge in [-0.05, 0) is 31.9 Å². The molecule has 2 aliphatic rings. The van der Waals surface area contributed by atoms with Gasteiger partial charge in [-0.3, -0.25) is 29.4 Å². The summed E-state index contributed by atoms with van der Waals surface area (Å²) < 4.78 is 5.03. The second kappa shape index (κ2) is 8.85. The van der Waals surface area contributed by atoms with Gasteiger partial charge in [0, 0.05) is 6.04 Å². The second-order valence-electron chi connectivity index (χ2n) is 7.17. The number of esters is 1. The third-order valence-electron chi connectivity index (χ3n) is 5.02. The lowest BCUT2D eigenvalue weighted by Gasteiger charge is -2.23. The van der Waals surface area contributed by atoms with Crippen LogP contribution >= 0.6 is 0 Å². The highest BCUT2D eigenvalue weighted by Crippen LogP contribution is 2.28. The molecule has 0 aromatic heterocycles. The molecule has 9 heteroatoms. The maximum absolute atomic E-state index is 12.2. The zero-order chi connectivity index (χ0) is 21.0. The molecule has 29 heavy (non-hydrogen) atoms. The van der Waals surface area contributed by atoms with Crippen LogP contribution < -0.4 is 15.5 Å². The van der Waals surface area contributed by atoms with Gasteiger partial charge in [0.1, 0.15) is 6.54 Å². The number of amides is 4. The summed E-state index contributed by atoms with van der Waals surface area (Å²) >= 11 is 0. The van der Waals surface area contributed by atoms with Crippen molar-refractivity contribution in [1.29, 1.82) is 0 Å². The third kappa shape index (κ3) is 4.79. The molecule has 1 heterocycles. The number of para-hydroxylation sites is 1. The number of nitrogens with zero attached hydrogens (tertiary/aromatic N) is 1. The number of anilines is 1. The normalized spacial score (nSPS) is 17.5. The predicted octanol–water partition coefficient (Wildman–Crippen LogP) is 1.31. The van der Waals surface area contributed by atoms with Crippen molar-refractivity contribution in [2.45, 2.75) is 51.2 Å². The number of ketones is 1. The second-order valence-corrected chi connectivity index (χ2v) is 7.17. The van der Waals surface area contributed by atoms with Crippen molar-refractivity contribution in [3.63, 3.8) is 0 Å². The zero-order valence-corrected chi connectivity index (χ0v) is 16.1. The van der Waals surface area contributed by atoms with Gasteiger partial charge >= 0.3 is 12.0 Å². The van der Waals surface area contributed by atoms with Crippen molar-refractivity contribution in [2.24, 2.45) is 0 Å². The first kappa shape index (κ1) is 20.5. The maximum Gasteiger partial charge on any atom is 0.326 e. The van der Waals surface area contributed by atoms with Gasteiger partial charge in [0.15, 0.2) is 6.10 Å². The number of rotatable bonds is 5. The van der Waals surface area contributed by atoms with Crippen LogP contribution in [0.3, 0.4) is 0 Å². The number of hydrogen-bond donors (Lipinski definition) is 2. The van der Waals surface area contributed by atoms with Crippen molar-refractivity contribution in [1.82, 2.24) is 10.6 Å². The van der Waals surface area contributed by atoms with Crippen LogP contribution in [0.5, 0.6) is 0 Å². The van der Waals surface area contributed by atoms with Crippen LogP contribution in [0.4, 0.5) is 10.5 Å². The molecule has 1 fully saturated rings. The van der Waals surface area contributed by atoms with Crippen LogP contribution in [0.25, 0.3) is 0 Å². The monoisotopic (exact) mass is 401 g/mol. The highest BCUT2D eigenvalue weighted by molar-refractivity contribution is 6.52. The molecule has 2 N–H and O–H groups in total. The molecule has 4 amide bonds. The first-order valence-corrected chi connectivity index (χ1v) is 9.63. The number of carbonyl (C=O) groups is 5. The third-order valence-corrected chi connectivity index (χ3v) is 5.02. The number of ether oxygens (including phenoxy) is 1. The van der Waals surface area contributed by atoms with Crippen molar-refractivity contribution in [2.75, 3.05) is 11.4 Å². The largest absolute Gasteiger partial charge is 0.451 e. The Balaban J connectivity index is 1.50. The van der Waals surface area contributed by atoms with Crippen molar-refractivity contribution < 1.29 is 28.7 Å². The Labute approximate surface area is 167 Å². The van der Waals surface area contributed by atoms with Gasteiger partial charge in [0.2, 0.25) is 0 Å². The van der Waals surface area contributed by atoms with E-state index < -0.39 is 42.2 Å². The number of nitrogens with one attached hydrogen (secondary N) is 2. The standard InChI is InChI=1S/C20H23N3O6/c1-12(18(26)22-20(28)21-13-7-3-2-4-8-13)29-16(24)11-23-15-10-6-5-9-14(15)17(25)19(23)27/h5-6,9-10,12-13H,2-4,7-8,11H2,1H3,(H2,21,22,26,28)/t12-/m0/s1. The van der Waals surface area contributed by atoms with Crippen molar-refractivity contribution in [3.8, 4) is 0 Å². The average Bonchev–Trinajstić information content (AvgIpc) is 2.93. The average molecular weight is 401 g/mol. The highest BCUT2D eigenvalue weighted by Gasteiger charge is 2.37. The summed E-state index contributed by atoms with van der Waals surface area (Å²) in [4.78, 5) is 61.3. The lowest BCUT2D eigenvalue weighted by atomic mass is 9.96. The smallest absolute Gasteiger partial charge is 0.326 e. The van der Waals surface area contributed by atoms with E-state index >= 15 is 0 Å². The number of urea groups is 1. The van der Waals surface area contributed by atoms with E-state index in [1.165, 1.54) is 13.0 Å². The topological polar surface area (TPSA) is 122 Å². The molecule has 1 aromatic carbocycles. The Bertz CT molecular complexity index is 846. The van der Waals surface area contributed by atoms with E-state index in [4.69, 9.17) is 4.74 Å². The molecule has 1 aromatic rings. The quantitative estimate of drug-likeness (QED) is 0.567. The number of hydrogen-bond acceptors (Lipinski definition) is 6. The molecule has 3 rings (SSSR count). The molecule has 154 valence electrons. The van der Waals surface area contributed by atoms with Gasteiger partial charge in [0.25, 0.3) is 17.6 Å². The van der Waals surface area contributed by atoms with Gasteiger partial charge < -0.3 is 10.1 Å². The molecular formula is C20H23N3O6. The molecule has 1 saturated carbocycles. The van der Waals surface area contributed by atoms with E-state index in [2.05, 4.69) is 10.6 Å². The first-order chi connectivity index (χ1) is 13.9. The number of carbonyl (C=O) groups excluding carboxylic acids is 5. The van der Waals surface area contributed by atoms with Crippen molar-refractivity contribution >= 4 is 35.3 Å². The minimum Gasteiger partial charge on any atom is -0.451 e. The molecular weight excluding hydrogens is 378 g/mol.